The minimum Gasteiger partial charge on any atom is -0.780 e. The van der Waals surface area contributed by atoms with Gasteiger partial charge in [0.2, 0.25) is 0 Å². The van der Waals surface area contributed by atoms with Crippen LogP contribution in [0, 0.1) is 0 Å². The van der Waals surface area contributed by atoms with Crippen LogP contribution in [0.5, 0.6) is 0 Å². The summed E-state index contributed by atoms with van der Waals surface area (Å²) in [4.78, 5) is 16.0. The van der Waals surface area contributed by atoms with Crippen LogP contribution in [-0.4, -0.2) is 11.5 Å². The maximum atomic E-state index is 11.7. The molecule has 0 radical (unpaired) electrons. The normalized spacial score (nSPS) is 13.4. The number of nitrogens with zero attached hydrogens (tertiary/aromatic N) is 1. The molecule has 0 aliphatic carbocycles. The maximum Gasteiger partial charge on any atom is 1.00 e. The van der Waals surface area contributed by atoms with Gasteiger partial charge in [-0.3, -0.25) is 10.1 Å². The van der Waals surface area contributed by atoms with E-state index < -0.39 is 6.72 Å². The largest absolute Gasteiger partial charge is 1.00 e. The van der Waals surface area contributed by atoms with Gasteiger partial charge in [0.05, 0.1) is 5.52 Å². The molecule has 0 bridgehead atoms. The van der Waals surface area contributed by atoms with Crippen molar-refractivity contribution in [3.8, 4) is 0 Å². The number of hydrogen-bond donors (Lipinski definition) is 1. The molecule has 0 spiro atoms. The van der Waals surface area contributed by atoms with Crippen LogP contribution in [0.25, 0.3) is 10.9 Å². The van der Waals surface area contributed by atoms with Crippen LogP contribution in [0.3, 0.4) is 0 Å². The van der Waals surface area contributed by atoms with Crippen LogP contribution in [0.2, 0.25) is 0 Å². The summed E-state index contributed by atoms with van der Waals surface area (Å²) in [5, 5.41) is 3.47. The zero-order chi connectivity index (χ0) is 13.7. The van der Waals surface area contributed by atoms with Crippen molar-refractivity contribution in [2.24, 2.45) is 0 Å². The van der Waals surface area contributed by atoms with E-state index in [9.17, 15) is 9.46 Å². The predicted octanol–water partition coefficient (Wildman–Crippen LogP) is -0.284. The van der Waals surface area contributed by atoms with Gasteiger partial charge in [0.25, 0.3) is 0 Å². The van der Waals surface area contributed by atoms with Gasteiger partial charge in [-0.2, -0.15) is 0 Å². The Morgan fingerprint density at radius 2 is 2.15 bits per heavy atom. The summed E-state index contributed by atoms with van der Waals surface area (Å²) in [7, 11) is 0. The Morgan fingerprint density at radius 3 is 2.90 bits per heavy atom. The Balaban J connectivity index is 0.00000200. The quantitative estimate of drug-likeness (QED) is 0.451. The van der Waals surface area contributed by atoms with Gasteiger partial charge in [0, 0.05) is 23.9 Å². The molecule has 1 N–H and O–H groups in total. The average Bonchev–Trinajstić information content (AvgIpc) is 2.43. The summed E-state index contributed by atoms with van der Waals surface area (Å²) in [5.74, 6) is 0.374. The van der Waals surface area contributed by atoms with E-state index in [1.54, 1.807) is 6.20 Å². The van der Waals surface area contributed by atoms with E-state index in [1.807, 2.05) is 30.3 Å². The molecule has 0 saturated carbocycles. The van der Waals surface area contributed by atoms with Crippen LogP contribution < -0.4 is 39.5 Å². The van der Waals surface area contributed by atoms with Crippen LogP contribution >= 0.6 is 18.1 Å². The minimum atomic E-state index is -3.63. The molecule has 0 amide bonds. The molecule has 7 heteroatoms. The fourth-order valence-corrected chi connectivity index (χ4v) is 4.07. The number of pyridine rings is 1. The molecular formula is C13H14N2NaO2PS. The van der Waals surface area contributed by atoms with Gasteiger partial charge in [-0.15, -0.1) is 6.58 Å². The SMILES string of the molecule is C=CCNP(=O)([O-])SCc1cccc2cccnc12.[Na+]. The number of para-hydroxylation sites is 1. The Labute approximate surface area is 144 Å². The fourth-order valence-electron chi connectivity index (χ4n) is 1.66. The van der Waals surface area contributed by atoms with Crippen LogP contribution in [0.15, 0.2) is 49.2 Å². The van der Waals surface area contributed by atoms with Crippen LogP contribution in [0.4, 0.5) is 0 Å². The number of benzene rings is 1. The molecule has 1 aromatic heterocycles. The predicted molar refractivity (Wildman–Crippen MR) is 78.8 cm³/mol. The van der Waals surface area contributed by atoms with Gasteiger partial charge in [0.15, 0.2) is 0 Å². The van der Waals surface area contributed by atoms with Gasteiger partial charge in [0.1, 0.15) is 6.72 Å². The standard InChI is InChI=1S/C13H15N2O2PS.Na/c1-2-8-15-18(16,17)19-10-12-6-3-5-11-7-4-9-14-13(11)12;/h2-7,9H,1,8,10H2,(H2,15,16,17);/q;+1/p-1. The number of nitrogens with one attached hydrogen (secondary N) is 1. The monoisotopic (exact) mass is 316 g/mol. The number of fused-ring (bicyclic) bond motifs is 1. The van der Waals surface area contributed by atoms with E-state index in [0.717, 1.165) is 27.8 Å². The summed E-state index contributed by atoms with van der Waals surface area (Å²) >= 11 is 0.888. The van der Waals surface area contributed by atoms with Crippen molar-refractivity contribution in [2.75, 3.05) is 6.54 Å². The van der Waals surface area contributed by atoms with Crippen molar-refractivity contribution >= 4 is 29.0 Å². The van der Waals surface area contributed by atoms with Crippen LogP contribution in [-0.2, 0) is 10.3 Å². The zero-order valence-corrected chi connectivity index (χ0v) is 15.0. The zero-order valence-electron chi connectivity index (χ0n) is 11.3. The van der Waals surface area contributed by atoms with Crippen LogP contribution in [0.1, 0.15) is 5.56 Å². The van der Waals surface area contributed by atoms with Gasteiger partial charge in [-0.25, -0.2) is 0 Å². The third-order valence-corrected chi connectivity index (χ3v) is 5.68. The maximum absolute atomic E-state index is 11.7. The van der Waals surface area contributed by atoms with E-state index in [2.05, 4.69) is 16.7 Å². The first-order chi connectivity index (χ1) is 9.12. The summed E-state index contributed by atoms with van der Waals surface area (Å²) in [6, 6.07) is 9.60. The summed E-state index contributed by atoms with van der Waals surface area (Å²) in [6.45, 7) is 0.0979. The molecular weight excluding hydrogens is 302 g/mol. The number of hydrogen-bond acceptors (Lipinski definition) is 4. The van der Waals surface area contributed by atoms with Crippen molar-refractivity contribution in [3.05, 3.63) is 54.7 Å². The van der Waals surface area contributed by atoms with Gasteiger partial charge < -0.3 is 9.46 Å². The van der Waals surface area contributed by atoms with Crippen molar-refractivity contribution in [3.63, 3.8) is 0 Å². The van der Waals surface area contributed by atoms with Gasteiger partial charge >= 0.3 is 29.6 Å². The van der Waals surface area contributed by atoms with Crippen molar-refractivity contribution in [1.82, 2.24) is 10.1 Å². The van der Waals surface area contributed by atoms with E-state index in [4.69, 9.17) is 0 Å². The average molecular weight is 316 g/mol. The smallest absolute Gasteiger partial charge is 0.780 e. The number of rotatable bonds is 6. The molecule has 1 heterocycles. The van der Waals surface area contributed by atoms with Crippen molar-refractivity contribution in [2.45, 2.75) is 5.75 Å². The van der Waals surface area contributed by atoms with Crippen molar-refractivity contribution < 1.29 is 39.0 Å². The fraction of sp³-hybridized carbons (Fsp3) is 0.154. The third kappa shape index (κ3) is 5.01. The van der Waals surface area contributed by atoms with E-state index in [-0.39, 0.29) is 36.1 Å². The molecule has 1 atom stereocenters. The van der Waals surface area contributed by atoms with Crippen molar-refractivity contribution in [1.29, 1.82) is 0 Å². The first-order valence-corrected chi connectivity index (χ1v) is 8.98. The topological polar surface area (TPSA) is 65.0 Å². The Hall–Kier alpha value is -0.130. The minimum absolute atomic E-state index is 0. The molecule has 2 aromatic rings. The Bertz CT molecular complexity index is 633. The van der Waals surface area contributed by atoms with E-state index in [0.29, 0.717) is 5.75 Å². The first-order valence-electron chi connectivity index (χ1n) is 5.76. The molecule has 1 unspecified atom stereocenters. The first kappa shape index (κ1) is 17.9. The third-order valence-electron chi connectivity index (χ3n) is 2.54. The number of aromatic nitrogens is 1. The van der Waals surface area contributed by atoms with E-state index >= 15 is 0 Å². The Kier molecular flexibility index (Phi) is 7.48. The molecule has 4 nitrogen and oxygen atoms in total. The molecule has 100 valence electrons. The Morgan fingerprint density at radius 1 is 1.40 bits per heavy atom. The molecule has 0 aliphatic rings. The summed E-state index contributed by atoms with van der Waals surface area (Å²) in [6.07, 6.45) is 3.23. The second-order valence-corrected chi connectivity index (χ2v) is 7.99. The molecule has 1 aromatic carbocycles. The molecule has 0 fully saturated rings. The molecule has 0 aliphatic heterocycles. The van der Waals surface area contributed by atoms with Gasteiger partial charge in [-0.1, -0.05) is 41.7 Å². The van der Waals surface area contributed by atoms with Gasteiger partial charge in [-0.05, 0) is 11.6 Å². The van der Waals surface area contributed by atoms with E-state index in [1.165, 1.54) is 6.08 Å². The molecule has 2 rings (SSSR count). The summed E-state index contributed by atoms with van der Waals surface area (Å²) in [5.41, 5.74) is 1.76. The molecule has 0 saturated heterocycles. The second-order valence-electron chi connectivity index (χ2n) is 3.91. The molecule has 20 heavy (non-hydrogen) atoms. The summed E-state index contributed by atoms with van der Waals surface area (Å²) < 4.78 is 11.7. The second kappa shape index (κ2) is 8.35.